The van der Waals surface area contributed by atoms with Gasteiger partial charge in [-0.25, -0.2) is 4.39 Å². The molecular formula is C23H27Cl2FN2O. The van der Waals surface area contributed by atoms with Crippen molar-refractivity contribution in [3.63, 3.8) is 0 Å². The van der Waals surface area contributed by atoms with Crippen molar-refractivity contribution in [3.05, 3.63) is 63.9 Å². The maximum Gasteiger partial charge on any atom is 0.229 e. The van der Waals surface area contributed by atoms with Gasteiger partial charge in [0.2, 0.25) is 5.91 Å². The molecule has 6 heteroatoms. The molecule has 3 nitrogen and oxygen atoms in total. The summed E-state index contributed by atoms with van der Waals surface area (Å²) in [6, 6.07) is 12.1. The number of likely N-dealkylation sites (N-methyl/N-ethyl adjacent to an activating group) is 1. The number of carbonyl (C=O) groups is 1. The molecule has 1 aliphatic heterocycles. The summed E-state index contributed by atoms with van der Waals surface area (Å²) in [5, 5.41) is 3.62. The summed E-state index contributed by atoms with van der Waals surface area (Å²) in [5.41, 5.74) is 1.15. The summed E-state index contributed by atoms with van der Waals surface area (Å²) in [5.74, 6) is -1.27. The highest BCUT2D eigenvalue weighted by Gasteiger charge is 2.47. The molecule has 1 N–H and O–H groups in total. The normalized spacial score (nSPS) is 22.7. The zero-order valence-electron chi connectivity index (χ0n) is 17.2. The number of amides is 1. The van der Waals surface area contributed by atoms with Gasteiger partial charge in [0.1, 0.15) is 5.82 Å². The summed E-state index contributed by atoms with van der Waals surface area (Å²) in [4.78, 5) is 15.6. The fourth-order valence-electron chi connectivity index (χ4n) is 4.26. The molecule has 3 unspecified atom stereocenters. The zero-order chi connectivity index (χ0) is 21.3. The number of likely N-dealkylation sites (tertiary alicyclic amines) is 1. The van der Waals surface area contributed by atoms with E-state index in [2.05, 4.69) is 31.0 Å². The van der Waals surface area contributed by atoms with Gasteiger partial charge in [-0.2, -0.15) is 0 Å². The van der Waals surface area contributed by atoms with Gasteiger partial charge in [0, 0.05) is 29.2 Å². The number of anilines is 1. The number of carbonyl (C=O) groups excluding carboxylic acids is 1. The van der Waals surface area contributed by atoms with E-state index < -0.39 is 11.7 Å². The minimum Gasteiger partial charge on any atom is -0.326 e. The van der Waals surface area contributed by atoms with Gasteiger partial charge in [0.05, 0.1) is 10.9 Å². The predicted octanol–water partition coefficient (Wildman–Crippen LogP) is 6.22. The average molecular weight is 437 g/mol. The van der Waals surface area contributed by atoms with Crippen LogP contribution in [-0.4, -0.2) is 30.4 Å². The first-order valence-electron chi connectivity index (χ1n) is 9.77. The Morgan fingerprint density at radius 2 is 1.90 bits per heavy atom. The molecule has 0 aliphatic carbocycles. The Morgan fingerprint density at radius 1 is 1.21 bits per heavy atom. The smallest absolute Gasteiger partial charge is 0.229 e. The first kappa shape index (κ1) is 22.1. The summed E-state index contributed by atoms with van der Waals surface area (Å²) in [6.07, 6.45) is 0.815. The molecule has 3 atom stereocenters. The molecule has 156 valence electrons. The number of hydrogen-bond donors (Lipinski definition) is 1. The number of hydrogen-bond acceptors (Lipinski definition) is 2. The molecule has 1 fully saturated rings. The Hall–Kier alpha value is -1.62. The van der Waals surface area contributed by atoms with E-state index in [9.17, 15) is 9.18 Å². The molecular weight excluding hydrogens is 410 g/mol. The Labute approximate surface area is 182 Å². The van der Waals surface area contributed by atoms with E-state index >= 15 is 0 Å². The van der Waals surface area contributed by atoms with E-state index in [-0.39, 0.29) is 28.3 Å². The third-order valence-corrected chi connectivity index (χ3v) is 6.02. The monoisotopic (exact) mass is 436 g/mol. The second-order valence-corrected chi connectivity index (χ2v) is 9.89. The van der Waals surface area contributed by atoms with E-state index in [1.807, 2.05) is 7.05 Å². The van der Waals surface area contributed by atoms with Gasteiger partial charge in [-0.05, 0) is 48.7 Å². The number of nitrogens with zero attached hydrogens (tertiary/aromatic N) is 1. The molecule has 1 aliphatic rings. The van der Waals surface area contributed by atoms with Crippen LogP contribution in [0.5, 0.6) is 0 Å². The summed E-state index contributed by atoms with van der Waals surface area (Å²) < 4.78 is 14.9. The van der Waals surface area contributed by atoms with Crippen LogP contribution in [0.15, 0.2) is 42.5 Å². The fraction of sp³-hybridized carbons (Fsp3) is 0.435. The van der Waals surface area contributed by atoms with Crippen LogP contribution in [0.25, 0.3) is 0 Å². The average Bonchev–Trinajstić information content (AvgIpc) is 2.92. The lowest BCUT2D eigenvalue weighted by molar-refractivity contribution is -0.121. The first-order valence-corrected chi connectivity index (χ1v) is 10.5. The quantitative estimate of drug-likeness (QED) is 0.616. The molecule has 2 aromatic carbocycles. The lowest BCUT2D eigenvalue weighted by Crippen LogP contribution is -2.39. The van der Waals surface area contributed by atoms with Crippen LogP contribution < -0.4 is 5.32 Å². The molecule has 0 saturated carbocycles. The Balaban J connectivity index is 1.98. The number of nitrogens with one attached hydrogen (secondary N) is 1. The first-order chi connectivity index (χ1) is 13.6. The van der Waals surface area contributed by atoms with E-state index in [0.29, 0.717) is 22.8 Å². The highest BCUT2D eigenvalue weighted by Crippen LogP contribution is 2.43. The number of halogens is 3. The van der Waals surface area contributed by atoms with Crippen LogP contribution in [0.1, 0.15) is 38.7 Å². The maximum absolute atomic E-state index is 14.9. The minimum atomic E-state index is -0.440. The van der Waals surface area contributed by atoms with Crippen molar-refractivity contribution in [2.24, 2.45) is 11.3 Å². The zero-order valence-corrected chi connectivity index (χ0v) is 18.7. The summed E-state index contributed by atoms with van der Waals surface area (Å²) in [7, 11) is 2.00. The number of benzene rings is 2. The second kappa shape index (κ2) is 8.63. The van der Waals surface area contributed by atoms with E-state index in [4.69, 9.17) is 23.2 Å². The highest BCUT2D eigenvalue weighted by atomic mass is 35.5. The van der Waals surface area contributed by atoms with Crippen LogP contribution in [0, 0.1) is 17.2 Å². The molecule has 29 heavy (non-hydrogen) atoms. The van der Waals surface area contributed by atoms with Gasteiger partial charge < -0.3 is 10.2 Å². The van der Waals surface area contributed by atoms with Crippen molar-refractivity contribution < 1.29 is 9.18 Å². The predicted molar refractivity (Wildman–Crippen MR) is 118 cm³/mol. The van der Waals surface area contributed by atoms with Gasteiger partial charge in [0.25, 0.3) is 0 Å². The van der Waals surface area contributed by atoms with Gasteiger partial charge in [-0.15, -0.1) is 0 Å². The summed E-state index contributed by atoms with van der Waals surface area (Å²) >= 11 is 12.1. The standard InChI is InChI=1S/C23H27Cl2FN2O/c1-23(2,3)12-19-20(22(29)27-15-8-5-7-14(24)11-15)17(13-28(19)4)16-9-6-10-18(25)21(16)26/h5-11,17,19-20H,12-13H2,1-4H3,(H,27,29). The van der Waals surface area contributed by atoms with Crippen molar-refractivity contribution in [2.45, 2.75) is 39.2 Å². The molecule has 0 radical (unpaired) electrons. The Bertz CT molecular complexity index is 897. The van der Waals surface area contributed by atoms with Crippen molar-refractivity contribution >= 4 is 34.8 Å². The van der Waals surface area contributed by atoms with E-state index in [0.717, 1.165) is 6.42 Å². The van der Waals surface area contributed by atoms with E-state index in [1.165, 1.54) is 6.07 Å². The van der Waals surface area contributed by atoms with Crippen molar-refractivity contribution in [1.29, 1.82) is 0 Å². The van der Waals surface area contributed by atoms with Crippen LogP contribution in [0.2, 0.25) is 10.0 Å². The second-order valence-electron chi connectivity index (χ2n) is 9.05. The Kier molecular flexibility index (Phi) is 6.57. The molecule has 3 rings (SSSR count). The van der Waals surface area contributed by atoms with Gasteiger partial charge in [-0.1, -0.05) is 62.2 Å². The lowest BCUT2D eigenvalue weighted by Gasteiger charge is -2.31. The SMILES string of the molecule is CN1CC(c2cccc(Cl)c2F)C(C(=O)Nc2cccc(Cl)c2)C1CC(C)(C)C. The Morgan fingerprint density at radius 3 is 2.55 bits per heavy atom. The highest BCUT2D eigenvalue weighted by molar-refractivity contribution is 6.31. The van der Waals surface area contributed by atoms with Crippen LogP contribution >= 0.6 is 23.2 Å². The topological polar surface area (TPSA) is 32.3 Å². The van der Waals surface area contributed by atoms with E-state index in [1.54, 1.807) is 36.4 Å². The maximum atomic E-state index is 14.9. The van der Waals surface area contributed by atoms with Crippen molar-refractivity contribution in [1.82, 2.24) is 4.90 Å². The number of rotatable bonds is 4. The largest absolute Gasteiger partial charge is 0.326 e. The molecule has 1 saturated heterocycles. The van der Waals surface area contributed by atoms with Crippen LogP contribution in [-0.2, 0) is 4.79 Å². The molecule has 1 heterocycles. The van der Waals surface area contributed by atoms with Gasteiger partial charge in [-0.3, -0.25) is 4.79 Å². The molecule has 0 spiro atoms. The van der Waals surface area contributed by atoms with Gasteiger partial charge in [0.15, 0.2) is 0 Å². The van der Waals surface area contributed by atoms with Gasteiger partial charge >= 0.3 is 0 Å². The third kappa shape index (κ3) is 5.11. The minimum absolute atomic E-state index is 0.0161. The van der Waals surface area contributed by atoms with Crippen LogP contribution in [0.4, 0.5) is 10.1 Å². The molecule has 1 amide bonds. The van der Waals surface area contributed by atoms with Crippen molar-refractivity contribution in [3.8, 4) is 0 Å². The third-order valence-electron chi connectivity index (χ3n) is 5.50. The van der Waals surface area contributed by atoms with Crippen LogP contribution in [0.3, 0.4) is 0 Å². The lowest BCUT2D eigenvalue weighted by atomic mass is 9.78. The molecule has 2 aromatic rings. The summed E-state index contributed by atoms with van der Waals surface area (Å²) in [6.45, 7) is 7.05. The molecule has 0 aromatic heterocycles. The van der Waals surface area contributed by atoms with Crippen molar-refractivity contribution in [2.75, 3.05) is 18.9 Å². The fourth-order valence-corrected chi connectivity index (χ4v) is 4.63. The molecule has 0 bridgehead atoms.